The SMILES string of the molecule is CCOC(=O)CCN(C(=O)c1ccc(Cl)c(Cl)c1)C1CCCCC1C. The number of ether oxygens (including phenoxy) is 1. The summed E-state index contributed by atoms with van der Waals surface area (Å²) in [6.45, 7) is 4.65. The summed E-state index contributed by atoms with van der Waals surface area (Å²) in [5, 5.41) is 0.775. The molecule has 2 unspecified atom stereocenters. The van der Waals surface area contributed by atoms with Gasteiger partial charge in [-0.3, -0.25) is 9.59 Å². The van der Waals surface area contributed by atoms with Gasteiger partial charge in [0.2, 0.25) is 0 Å². The van der Waals surface area contributed by atoms with E-state index in [1.165, 1.54) is 6.42 Å². The van der Waals surface area contributed by atoms with E-state index in [0.29, 0.717) is 34.7 Å². The molecular formula is C19H25Cl2NO3. The molecule has 0 aliphatic heterocycles. The highest BCUT2D eigenvalue weighted by Crippen LogP contribution is 2.30. The first-order valence-electron chi connectivity index (χ1n) is 8.85. The molecule has 0 aromatic heterocycles. The molecule has 4 nitrogen and oxygen atoms in total. The fourth-order valence-corrected chi connectivity index (χ4v) is 3.72. The van der Waals surface area contributed by atoms with Crippen molar-refractivity contribution in [3.8, 4) is 0 Å². The monoisotopic (exact) mass is 385 g/mol. The summed E-state index contributed by atoms with van der Waals surface area (Å²) in [6, 6.07) is 5.04. The average Bonchev–Trinajstić information content (AvgIpc) is 2.59. The molecule has 138 valence electrons. The Kier molecular flexibility index (Phi) is 7.57. The summed E-state index contributed by atoms with van der Waals surface area (Å²) in [6.07, 6.45) is 4.53. The Morgan fingerprint density at radius 1 is 1.20 bits per heavy atom. The van der Waals surface area contributed by atoms with Crippen LogP contribution in [0.15, 0.2) is 18.2 Å². The second-order valence-electron chi connectivity index (χ2n) is 6.51. The predicted octanol–water partition coefficient (Wildman–Crippen LogP) is 4.97. The van der Waals surface area contributed by atoms with Gasteiger partial charge in [-0.25, -0.2) is 0 Å². The molecule has 1 fully saturated rings. The predicted molar refractivity (Wildman–Crippen MR) is 100 cm³/mol. The average molecular weight is 386 g/mol. The molecule has 2 atom stereocenters. The van der Waals surface area contributed by atoms with Crippen LogP contribution >= 0.6 is 23.2 Å². The molecular weight excluding hydrogens is 361 g/mol. The van der Waals surface area contributed by atoms with Gasteiger partial charge in [0.15, 0.2) is 0 Å². The second-order valence-corrected chi connectivity index (χ2v) is 7.33. The van der Waals surface area contributed by atoms with E-state index in [2.05, 4.69) is 6.92 Å². The first-order valence-corrected chi connectivity index (χ1v) is 9.61. The van der Waals surface area contributed by atoms with Crippen molar-refractivity contribution >= 4 is 35.1 Å². The number of benzene rings is 1. The normalized spacial score (nSPS) is 20.2. The number of hydrogen-bond donors (Lipinski definition) is 0. The Morgan fingerprint density at radius 3 is 2.56 bits per heavy atom. The minimum absolute atomic E-state index is 0.110. The van der Waals surface area contributed by atoms with Crippen LogP contribution in [0.25, 0.3) is 0 Å². The van der Waals surface area contributed by atoms with Crippen LogP contribution in [-0.4, -0.2) is 36.0 Å². The molecule has 0 bridgehead atoms. The summed E-state index contributed by atoms with van der Waals surface area (Å²) in [5.74, 6) is 0.0159. The second kappa shape index (κ2) is 9.44. The van der Waals surface area contributed by atoms with Crippen LogP contribution in [0.4, 0.5) is 0 Å². The van der Waals surface area contributed by atoms with Crippen LogP contribution in [0.5, 0.6) is 0 Å². The summed E-state index contributed by atoms with van der Waals surface area (Å²) >= 11 is 12.0. The Morgan fingerprint density at radius 2 is 1.92 bits per heavy atom. The first-order chi connectivity index (χ1) is 11.9. The Hall–Kier alpha value is -1.26. The number of amides is 1. The van der Waals surface area contributed by atoms with Gasteiger partial charge >= 0.3 is 5.97 Å². The Bertz CT molecular complexity index is 621. The Labute approximate surface area is 159 Å². The molecule has 1 aromatic rings. The van der Waals surface area contributed by atoms with Crippen LogP contribution in [0.1, 0.15) is 56.3 Å². The molecule has 2 rings (SSSR count). The van der Waals surface area contributed by atoms with Gasteiger partial charge in [0.25, 0.3) is 5.91 Å². The lowest BCUT2D eigenvalue weighted by atomic mass is 9.84. The van der Waals surface area contributed by atoms with Crippen LogP contribution in [0.2, 0.25) is 10.0 Å². The zero-order valence-electron chi connectivity index (χ0n) is 14.8. The molecule has 0 spiro atoms. The van der Waals surface area contributed by atoms with Crippen LogP contribution in [0, 0.1) is 5.92 Å². The third-order valence-electron chi connectivity index (χ3n) is 4.76. The van der Waals surface area contributed by atoms with Crippen molar-refractivity contribution in [3.05, 3.63) is 33.8 Å². The van der Waals surface area contributed by atoms with E-state index in [4.69, 9.17) is 27.9 Å². The zero-order valence-corrected chi connectivity index (χ0v) is 16.3. The molecule has 1 aliphatic carbocycles. The number of esters is 1. The molecule has 1 aromatic carbocycles. The van der Waals surface area contributed by atoms with E-state index in [-0.39, 0.29) is 24.3 Å². The van der Waals surface area contributed by atoms with Gasteiger partial charge < -0.3 is 9.64 Å². The number of rotatable bonds is 6. The van der Waals surface area contributed by atoms with Gasteiger partial charge in [-0.2, -0.15) is 0 Å². The van der Waals surface area contributed by atoms with E-state index >= 15 is 0 Å². The molecule has 1 amide bonds. The number of nitrogens with zero attached hydrogens (tertiary/aromatic N) is 1. The lowest BCUT2D eigenvalue weighted by Gasteiger charge is -2.38. The first kappa shape index (κ1) is 20.1. The molecule has 1 saturated carbocycles. The van der Waals surface area contributed by atoms with Crippen molar-refractivity contribution < 1.29 is 14.3 Å². The van der Waals surface area contributed by atoms with E-state index in [9.17, 15) is 9.59 Å². The molecule has 0 heterocycles. The number of carbonyl (C=O) groups excluding carboxylic acids is 2. The largest absolute Gasteiger partial charge is 0.466 e. The van der Waals surface area contributed by atoms with Gasteiger partial charge in [-0.05, 0) is 43.9 Å². The fourth-order valence-electron chi connectivity index (χ4n) is 3.42. The van der Waals surface area contributed by atoms with E-state index < -0.39 is 0 Å². The summed E-state index contributed by atoms with van der Waals surface area (Å²) < 4.78 is 5.01. The van der Waals surface area contributed by atoms with Crippen molar-refractivity contribution in [2.45, 2.75) is 52.0 Å². The molecule has 0 saturated heterocycles. The van der Waals surface area contributed by atoms with Gasteiger partial charge in [0.1, 0.15) is 0 Å². The van der Waals surface area contributed by atoms with E-state index in [0.717, 1.165) is 19.3 Å². The van der Waals surface area contributed by atoms with E-state index in [1.54, 1.807) is 25.1 Å². The van der Waals surface area contributed by atoms with Crippen LogP contribution < -0.4 is 0 Å². The smallest absolute Gasteiger partial charge is 0.307 e. The van der Waals surface area contributed by atoms with Crippen LogP contribution in [0.3, 0.4) is 0 Å². The van der Waals surface area contributed by atoms with Gasteiger partial charge in [0.05, 0.1) is 23.1 Å². The maximum Gasteiger partial charge on any atom is 0.307 e. The fraction of sp³-hybridized carbons (Fsp3) is 0.579. The third-order valence-corrected chi connectivity index (χ3v) is 5.50. The van der Waals surface area contributed by atoms with Crippen LogP contribution in [-0.2, 0) is 9.53 Å². The zero-order chi connectivity index (χ0) is 18.4. The molecule has 0 N–H and O–H groups in total. The molecule has 6 heteroatoms. The number of halogens is 2. The van der Waals surface area contributed by atoms with Crippen molar-refractivity contribution in [2.24, 2.45) is 5.92 Å². The van der Waals surface area contributed by atoms with Crippen molar-refractivity contribution in [2.75, 3.05) is 13.2 Å². The molecule has 1 aliphatic rings. The maximum absolute atomic E-state index is 13.1. The van der Waals surface area contributed by atoms with Crippen molar-refractivity contribution in [1.82, 2.24) is 4.90 Å². The molecule has 0 radical (unpaired) electrons. The highest BCUT2D eigenvalue weighted by atomic mass is 35.5. The lowest BCUT2D eigenvalue weighted by Crippen LogP contribution is -2.46. The van der Waals surface area contributed by atoms with Crippen molar-refractivity contribution in [1.29, 1.82) is 0 Å². The highest BCUT2D eigenvalue weighted by molar-refractivity contribution is 6.42. The van der Waals surface area contributed by atoms with Gasteiger partial charge in [0, 0.05) is 18.2 Å². The third kappa shape index (κ3) is 5.35. The summed E-state index contributed by atoms with van der Waals surface area (Å²) in [7, 11) is 0. The number of hydrogen-bond acceptors (Lipinski definition) is 3. The topological polar surface area (TPSA) is 46.6 Å². The minimum Gasteiger partial charge on any atom is -0.466 e. The maximum atomic E-state index is 13.1. The standard InChI is InChI=1S/C19H25Cl2NO3/c1-3-25-18(23)10-11-22(17-7-5-4-6-13(17)2)19(24)14-8-9-15(20)16(21)12-14/h8-9,12-13,17H,3-7,10-11H2,1-2H3. The summed E-state index contributed by atoms with van der Waals surface area (Å²) in [4.78, 5) is 26.7. The quantitative estimate of drug-likeness (QED) is 0.649. The molecule has 25 heavy (non-hydrogen) atoms. The minimum atomic E-state index is -0.280. The Balaban J connectivity index is 2.20. The van der Waals surface area contributed by atoms with Crippen molar-refractivity contribution in [3.63, 3.8) is 0 Å². The summed E-state index contributed by atoms with van der Waals surface area (Å²) in [5.41, 5.74) is 0.496. The van der Waals surface area contributed by atoms with Gasteiger partial charge in [-0.1, -0.05) is 43.0 Å². The van der Waals surface area contributed by atoms with Gasteiger partial charge in [-0.15, -0.1) is 0 Å². The highest BCUT2D eigenvalue weighted by Gasteiger charge is 2.31. The van der Waals surface area contributed by atoms with E-state index in [1.807, 2.05) is 4.90 Å². The number of carbonyl (C=O) groups is 2. The lowest BCUT2D eigenvalue weighted by molar-refractivity contribution is -0.143.